The zero-order valence-corrected chi connectivity index (χ0v) is 16.3. The van der Waals surface area contributed by atoms with E-state index in [0.29, 0.717) is 6.42 Å². The van der Waals surface area contributed by atoms with Crippen LogP contribution in [-0.2, 0) is 9.22 Å². The van der Waals surface area contributed by atoms with Crippen molar-refractivity contribution in [3.63, 3.8) is 0 Å². The maximum atomic E-state index is 12.0. The number of amides is 1. The summed E-state index contributed by atoms with van der Waals surface area (Å²) in [6.45, 7) is 18.7. The van der Waals surface area contributed by atoms with Crippen molar-refractivity contribution in [2.75, 3.05) is 6.61 Å². The van der Waals surface area contributed by atoms with Gasteiger partial charge in [0.1, 0.15) is 0 Å². The van der Waals surface area contributed by atoms with Crippen molar-refractivity contribution in [2.24, 2.45) is 5.92 Å². The average molecular weight is 318 g/mol. The molecule has 5 heteroatoms. The first-order valence-corrected chi connectivity index (χ1v) is 10.7. The molecule has 0 aliphatic carbocycles. The minimum atomic E-state index is -1.89. The normalized spacial score (nSPS) is 16.5. The Morgan fingerprint density at radius 3 is 2.00 bits per heavy atom. The summed E-state index contributed by atoms with van der Waals surface area (Å²) >= 11 is 0. The predicted molar refractivity (Wildman–Crippen MR) is 90.8 cm³/mol. The van der Waals surface area contributed by atoms with E-state index >= 15 is 0 Å². The number of nitrogens with one attached hydrogen (secondary N) is 1. The number of hydrogen-bond acceptors (Lipinski definition) is 3. The van der Waals surface area contributed by atoms with Crippen LogP contribution in [0.4, 0.5) is 0 Å². The summed E-state index contributed by atoms with van der Waals surface area (Å²) in [5.41, 5.74) is -0.249. The van der Waals surface area contributed by atoms with Gasteiger partial charge in [0.05, 0.1) is 0 Å². The summed E-state index contributed by atoms with van der Waals surface area (Å²) in [4.78, 5) is 12.0. The summed E-state index contributed by atoms with van der Waals surface area (Å²) in [5.74, 6) is -0.200. The monoisotopic (exact) mass is 317 g/mol. The highest BCUT2D eigenvalue weighted by Gasteiger charge is 2.39. The van der Waals surface area contributed by atoms with Crippen molar-refractivity contribution in [3.05, 3.63) is 0 Å². The number of carbonyl (C=O) groups is 1. The molecule has 0 aliphatic heterocycles. The van der Waals surface area contributed by atoms with Gasteiger partial charge in [-0.3, -0.25) is 4.79 Å². The van der Waals surface area contributed by atoms with E-state index in [4.69, 9.17) is 4.43 Å². The lowest BCUT2D eigenvalue weighted by atomic mass is 9.99. The molecule has 4 nitrogen and oxygen atoms in total. The molecule has 0 aromatic heterocycles. The van der Waals surface area contributed by atoms with E-state index in [1.165, 1.54) is 0 Å². The lowest BCUT2D eigenvalue weighted by Gasteiger charge is -2.40. The molecule has 0 saturated heterocycles. The maximum Gasteiger partial charge on any atom is 0.220 e. The number of hydrogen-bond donors (Lipinski definition) is 2. The molecule has 1 amide bonds. The topological polar surface area (TPSA) is 58.6 Å². The third kappa shape index (κ3) is 7.43. The van der Waals surface area contributed by atoms with Gasteiger partial charge in [0.25, 0.3) is 0 Å². The number of rotatable bonds is 6. The van der Waals surface area contributed by atoms with Crippen molar-refractivity contribution < 1.29 is 14.3 Å². The Bertz CT molecular complexity index is 342. The Balaban J connectivity index is 4.71. The Morgan fingerprint density at radius 2 is 1.67 bits per heavy atom. The van der Waals surface area contributed by atoms with Crippen LogP contribution in [-0.4, -0.2) is 37.6 Å². The van der Waals surface area contributed by atoms with Gasteiger partial charge in [-0.05, 0) is 45.8 Å². The zero-order valence-electron chi connectivity index (χ0n) is 15.3. The van der Waals surface area contributed by atoms with Gasteiger partial charge in [0.2, 0.25) is 5.91 Å². The summed E-state index contributed by atoms with van der Waals surface area (Å²) in [7, 11) is -1.89. The van der Waals surface area contributed by atoms with E-state index in [-0.39, 0.29) is 35.1 Å². The Kier molecular flexibility index (Phi) is 7.11. The summed E-state index contributed by atoms with van der Waals surface area (Å²) in [6, 6.07) is 0. The SMILES string of the molecule is C[C@@H](O[Si](C)(C)C(C)(C)C)[C@H](CO)CC(=O)NC(C)(C)C. The molecule has 0 unspecified atom stereocenters. The van der Waals surface area contributed by atoms with Crippen LogP contribution >= 0.6 is 0 Å². The molecule has 2 N–H and O–H groups in total. The quantitative estimate of drug-likeness (QED) is 0.739. The molecule has 0 fully saturated rings. The molecule has 0 saturated carbocycles. The van der Waals surface area contributed by atoms with Crippen LogP contribution in [0, 0.1) is 5.92 Å². The van der Waals surface area contributed by atoms with E-state index in [1.807, 2.05) is 27.7 Å². The van der Waals surface area contributed by atoms with Crippen LogP contribution in [0.5, 0.6) is 0 Å². The Morgan fingerprint density at radius 1 is 1.19 bits per heavy atom. The van der Waals surface area contributed by atoms with Crippen molar-refractivity contribution >= 4 is 14.2 Å². The molecule has 21 heavy (non-hydrogen) atoms. The van der Waals surface area contributed by atoms with Gasteiger partial charge in [-0.15, -0.1) is 0 Å². The second kappa shape index (κ2) is 7.25. The van der Waals surface area contributed by atoms with Crippen molar-refractivity contribution in [2.45, 2.75) is 84.7 Å². The zero-order chi connectivity index (χ0) is 17.1. The van der Waals surface area contributed by atoms with E-state index in [2.05, 4.69) is 39.2 Å². The first-order chi connectivity index (χ1) is 9.19. The number of aliphatic hydroxyl groups is 1. The van der Waals surface area contributed by atoms with E-state index in [0.717, 1.165) is 0 Å². The largest absolute Gasteiger partial charge is 0.414 e. The van der Waals surface area contributed by atoms with E-state index < -0.39 is 8.32 Å². The fourth-order valence-corrected chi connectivity index (χ4v) is 3.30. The van der Waals surface area contributed by atoms with Crippen molar-refractivity contribution in [1.82, 2.24) is 5.32 Å². The minimum Gasteiger partial charge on any atom is -0.414 e. The molecular formula is C16H35NO3Si. The fraction of sp³-hybridized carbons (Fsp3) is 0.938. The van der Waals surface area contributed by atoms with Gasteiger partial charge in [0, 0.05) is 30.6 Å². The first-order valence-electron chi connectivity index (χ1n) is 7.79. The Labute approximate surface area is 131 Å². The second-order valence-electron chi connectivity index (χ2n) is 8.53. The average Bonchev–Trinajstić information content (AvgIpc) is 2.20. The molecule has 126 valence electrons. The van der Waals surface area contributed by atoms with Gasteiger partial charge in [0.15, 0.2) is 8.32 Å². The Hall–Kier alpha value is -0.393. The summed E-state index contributed by atoms with van der Waals surface area (Å²) < 4.78 is 6.29. The summed E-state index contributed by atoms with van der Waals surface area (Å²) in [6.07, 6.45) is 0.172. The molecule has 0 spiro atoms. The van der Waals surface area contributed by atoms with Crippen LogP contribution in [0.3, 0.4) is 0 Å². The highest BCUT2D eigenvalue weighted by Crippen LogP contribution is 2.38. The van der Waals surface area contributed by atoms with Crippen molar-refractivity contribution in [3.8, 4) is 0 Å². The third-order valence-electron chi connectivity index (χ3n) is 4.15. The number of aliphatic hydroxyl groups excluding tert-OH is 1. The molecule has 0 aromatic rings. The second-order valence-corrected chi connectivity index (χ2v) is 13.3. The van der Waals surface area contributed by atoms with Crippen LogP contribution in [0.1, 0.15) is 54.9 Å². The van der Waals surface area contributed by atoms with Gasteiger partial charge >= 0.3 is 0 Å². The van der Waals surface area contributed by atoms with Crippen LogP contribution in [0.25, 0.3) is 0 Å². The molecule has 2 atom stereocenters. The highest BCUT2D eigenvalue weighted by atomic mass is 28.4. The molecule has 0 aliphatic rings. The molecular weight excluding hydrogens is 282 g/mol. The minimum absolute atomic E-state index is 0.0344. The van der Waals surface area contributed by atoms with Gasteiger partial charge in [-0.2, -0.15) is 0 Å². The van der Waals surface area contributed by atoms with Gasteiger partial charge < -0.3 is 14.8 Å². The first kappa shape index (κ1) is 20.6. The lowest BCUT2D eigenvalue weighted by molar-refractivity contribution is -0.124. The van der Waals surface area contributed by atoms with E-state index in [9.17, 15) is 9.90 Å². The lowest BCUT2D eigenvalue weighted by Crippen LogP contribution is -2.47. The summed E-state index contributed by atoms with van der Waals surface area (Å²) in [5, 5.41) is 12.7. The van der Waals surface area contributed by atoms with Gasteiger partial charge in [-0.1, -0.05) is 20.8 Å². The van der Waals surface area contributed by atoms with E-state index in [1.54, 1.807) is 0 Å². The maximum absolute atomic E-state index is 12.0. The van der Waals surface area contributed by atoms with Gasteiger partial charge in [-0.25, -0.2) is 0 Å². The molecule has 0 radical (unpaired) electrons. The highest BCUT2D eigenvalue weighted by molar-refractivity contribution is 6.74. The molecule has 0 rings (SSSR count). The number of carbonyl (C=O) groups excluding carboxylic acids is 1. The third-order valence-corrected chi connectivity index (χ3v) is 8.72. The van der Waals surface area contributed by atoms with Crippen LogP contribution in [0.2, 0.25) is 18.1 Å². The van der Waals surface area contributed by atoms with Crippen LogP contribution < -0.4 is 5.32 Å². The molecule has 0 aromatic carbocycles. The van der Waals surface area contributed by atoms with Crippen LogP contribution in [0.15, 0.2) is 0 Å². The predicted octanol–water partition coefficient (Wildman–Crippen LogP) is 3.31. The standard InChI is InChI=1S/C16H35NO3Si/c1-12(20-21(8,9)16(5,6)7)13(11-18)10-14(19)17-15(2,3)4/h12-13,18H,10-11H2,1-9H3,(H,17,19)/t12-,13+/m1/s1. The molecule has 0 bridgehead atoms. The fourth-order valence-electron chi connectivity index (χ4n) is 1.82. The smallest absolute Gasteiger partial charge is 0.220 e. The molecule has 0 heterocycles. The van der Waals surface area contributed by atoms with Crippen molar-refractivity contribution in [1.29, 1.82) is 0 Å².